The fourth-order valence-electron chi connectivity index (χ4n) is 4.08. The maximum Gasteiger partial charge on any atom is 0.269 e. The molecule has 0 aromatic heterocycles. The van der Waals surface area contributed by atoms with Gasteiger partial charge in [0.05, 0.1) is 24.1 Å². The van der Waals surface area contributed by atoms with E-state index in [1.54, 1.807) is 12.1 Å². The van der Waals surface area contributed by atoms with Crippen molar-refractivity contribution in [3.05, 3.63) is 34.4 Å². The Morgan fingerprint density at radius 3 is 2.24 bits per heavy atom. The molecule has 5 nitrogen and oxygen atoms in total. The van der Waals surface area contributed by atoms with E-state index >= 15 is 0 Å². The molecule has 21 heavy (non-hydrogen) atoms. The standard InChI is InChI=1S/C16H24N3O2/c20-18(21)14-4-6-15(7-5-14)19(12-2-1-3-13-19)16-8-10-17-11-9-16/h4-7,16-17H,1-3,8-13H2/q+1. The third kappa shape index (κ3) is 2.80. The fourth-order valence-corrected chi connectivity index (χ4v) is 4.08. The number of nitrogens with one attached hydrogen (secondary N) is 1. The predicted octanol–water partition coefficient (Wildman–Crippen LogP) is 2.84. The van der Waals surface area contributed by atoms with Gasteiger partial charge in [-0.2, -0.15) is 0 Å². The summed E-state index contributed by atoms with van der Waals surface area (Å²) < 4.78 is 1.04. The van der Waals surface area contributed by atoms with E-state index in [0.29, 0.717) is 6.04 Å². The van der Waals surface area contributed by atoms with Crippen molar-refractivity contribution in [2.75, 3.05) is 26.2 Å². The van der Waals surface area contributed by atoms with E-state index in [9.17, 15) is 10.1 Å². The van der Waals surface area contributed by atoms with E-state index < -0.39 is 0 Å². The molecule has 1 N–H and O–H groups in total. The van der Waals surface area contributed by atoms with Crippen molar-refractivity contribution in [3.8, 4) is 0 Å². The molecule has 0 radical (unpaired) electrons. The number of nitrogens with zero attached hydrogens (tertiary/aromatic N) is 2. The number of likely N-dealkylation sites (tertiary alicyclic amines) is 1. The summed E-state index contributed by atoms with van der Waals surface area (Å²) in [6, 6.07) is 7.99. The SMILES string of the molecule is O=[N+]([O-])c1ccc([N+]2(C3CCNCC3)CCCCC2)cc1. The zero-order valence-electron chi connectivity index (χ0n) is 12.5. The summed E-state index contributed by atoms with van der Waals surface area (Å²) in [7, 11) is 0. The lowest BCUT2D eigenvalue weighted by Crippen LogP contribution is -2.62. The number of quaternary nitrogens is 1. The van der Waals surface area contributed by atoms with Crippen LogP contribution in [0.2, 0.25) is 0 Å². The van der Waals surface area contributed by atoms with E-state index in [1.165, 1.54) is 50.9 Å². The Hall–Kier alpha value is -1.46. The third-order valence-electron chi connectivity index (χ3n) is 5.20. The van der Waals surface area contributed by atoms with Gasteiger partial charge >= 0.3 is 0 Å². The molecule has 0 bridgehead atoms. The highest BCUT2D eigenvalue weighted by Crippen LogP contribution is 2.35. The van der Waals surface area contributed by atoms with Crippen LogP contribution in [0.15, 0.2) is 24.3 Å². The second-order valence-corrected chi connectivity index (χ2v) is 6.30. The van der Waals surface area contributed by atoms with Gasteiger partial charge in [-0.1, -0.05) is 0 Å². The van der Waals surface area contributed by atoms with Gasteiger partial charge in [0.25, 0.3) is 5.69 Å². The van der Waals surface area contributed by atoms with Gasteiger partial charge < -0.3 is 5.32 Å². The monoisotopic (exact) mass is 290 g/mol. The number of hydrogen-bond donors (Lipinski definition) is 1. The molecule has 0 spiro atoms. The maximum atomic E-state index is 10.9. The highest BCUT2D eigenvalue weighted by molar-refractivity contribution is 5.49. The van der Waals surface area contributed by atoms with Gasteiger partial charge in [0.15, 0.2) is 0 Å². The first-order valence-corrected chi connectivity index (χ1v) is 8.05. The van der Waals surface area contributed by atoms with Crippen molar-refractivity contribution in [1.82, 2.24) is 9.80 Å². The molecule has 2 saturated heterocycles. The lowest BCUT2D eigenvalue weighted by atomic mass is 9.95. The molecule has 5 heteroatoms. The Morgan fingerprint density at radius 2 is 1.67 bits per heavy atom. The molecule has 2 aliphatic heterocycles. The predicted molar refractivity (Wildman–Crippen MR) is 84.4 cm³/mol. The van der Waals surface area contributed by atoms with Crippen molar-refractivity contribution in [2.24, 2.45) is 0 Å². The largest absolute Gasteiger partial charge is 0.316 e. The van der Waals surface area contributed by atoms with Crippen LogP contribution in [0.4, 0.5) is 11.4 Å². The van der Waals surface area contributed by atoms with Crippen LogP contribution in [0.25, 0.3) is 0 Å². The minimum absolute atomic E-state index is 0.194. The number of non-ortho nitro benzene ring substituents is 1. The van der Waals surface area contributed by atoms with Gasteiger partial charge in [0.1, 0.15) is 5.69 Å². The molecule has 0 amide bonds. The Bertz CT molecular complexity index is 489. The molecule has 0 saturated carbocycles. The summed E-state index contributed by atoms with van der Waals surface area (Å²) >= 11 is 0. The number of rotatable bonds is 3. The van der Waals surface area contributed by atoms with Gasteiger partial charge in [-0.15, -0.1) is 0 Å². The molecule has 3 rings (SSSR count). The van der Waals surface area contributed by atoms with Crippen molar-refractivity contribution in [2.45, 2.75) is 38.1 Å². The van der Waals surface area contributed by atoms with Crippen LogP contribution in [0.3, 0.4) is 0 Å². The van der Waals surface area contributed by atoms with E-state index in [-0.39, 0.29) is 10.6 Å². The van der Waals surface area contributed by atoms with Gasteiger partial charge in [0, 0.05) is 50.2 Å². The quantitative estimate of drug-likeness (QED) is 0.529. The molecular weight excluding hydrogens is 266 g/mol. The molecule has 1 aromatic rings. The van der Waals surface area contributed by atoms with E-state index in [0.717, 1.165) is 17.6 Å². The molecule has 0 aliphatic carbocycles. The maximum absolute atomic E-state index is 10.9. The zero-order chi connectivity index (χ0) is 14.7. The molecule has 0 atom stereocenters. The van der Waals surface area contributed by atoms with Crippen LogP contribution in [0.1, 0.15) is 32.1 Å². The molecule has 1 aromatic carbocycles. The number of piperidine rings is 2. The fraction of sp³-hybridized carbons (Fsp3) is 0.625. The smallest absolute Gasteiger partial charge is 0.269 e. The van der Waals surface area contributed by atoms with Crippen LogP contribution in [0, 0.1) is 10.1 Å². The van der Waals surface area contributed by atoms with Gasteiger partial charge in [0.2, 0.25) is 0 Å². The van der Waals surface area contributed by atoms with E-state index in [2.05, 4.69) is 5.32 Å². The first-order valence-electron chi connectivity index (χ1n) is 8.05. The summed E-state index contributed by atoms with van der Waals surface area (Å²) in [6.45, 7) is 4.56. The van der Waals surface area contributed by atoms with E-state index in [4.69, 9.17) is 0 Å². The van der Waals surface area contributed by atoms with Gasteiger partial charge in [-0.05, 0) is 19.3 Å². The summed E-state index contributed by atoms with van der Waals surface area (Å²) in [4.78, 5) is 10.6. The zero-order valence-corrected chi connectivity index (χ0v) is 12.5. The van der Waals surface area contributed by atoms with Gasteiger partial charge in [-0.25, -0.2) is 0 Å². The highest BCUT2D eigenvalue weighted by atomic mass is 16.6. The lowest BCUT2D eigenvalue weighted by Gasteiger charge is -2.48. The average Bonchev–Trinajstić information content (AvgIpc) is 2.56. The van der Waals surface area contributed by atoms with Crippen molar-refractivity contribution in [1.29, 1.82) is 0 Å². The highest BCUT2D eigenvalue weighted by Gasteiger charge is 2.40. The summed E-state index contributed by atoms with van der Waals surface area (Å²) in [5.41, 5.74) is 1.46. The van der Waals surface area contributed by atoms with Crippen LogP contribution >= 0.6 is 0 Å². The summed E-state index contributed by atoms with van der Waals surface area (Å²) in [6.07, 6.45) is 6.26. The molecule has 2 aliphatic rings. The number of nitro benzene ring substituents is 1. The summed E-state index contributed by atoms with van der Waals surface area (Å²) in [5.74, 6) is 0. The Kier molecular flexibility index (Phi) is 4.22. The van der Waals surface area contributed by atoms with Crippen LogP contribution in [-0.4, -0.2) is 37.1 Å². The second kappa shape index (κ2) is 6.12. The normalized spacial score (nSPS) is 22.9. The molecular formula is C16H24N3O2+. The number of hydrogen-bond acceptors (Lipinski definition) is 3. The Morgan fingerprint density at radius 1 is 1.05 bits per heavy atom. The molecule has 2 heterocycles. The minimum atomic E-state index is -0.311. The average molecular weight is 290 g/mol. The van der Waals surface area contributed by atoms with Gasteiger partial charge in [-0.3, -0.25) is 14.6 Å². The first kappa shape index (κ1) is 14.5. The minimum Gasteiger partial charge on any atom is -0.316 e. The van der Waals surface area contributed by atoms with Crippen molar-refractivity contribution in [3.63, 3.8) is 0 Å². The second-order valence-electron chi connectivity index (χ2n) is 6.30. The van der Waals surface area contributed by atoms with Crippen LogP contribution in [0.5, 0.6) is 0 Å². The summed E-state index contributed by atoms with van der Waals surface area (Å²) in [5, 5.41) is 14.3. The molecule has 2 fully saturated rings. The molecule has 0 unspecified atom stereocenters. The van der Waals surface area contributed by atoms with Crippen LogP contribution in [-0.2, 0) is 0 Å². The van der Waals surface area contributed by atoms with Crippen molar-refractivity contribution < 1.29 is 4.92 Å². The Balaban J connectivity index is 1.92. The topological polar surface area (TPSA) is 55.2 Å². The van der Waals surface area contributed by atoms with E-state index in [1.807, 2.05) is 12.1 Å². The van der Waals surface area contributed by atoms with Crippen molar-refractivity contribution >= 4 is 11.4 Å². The number of benzene rings is 1. The Labute approximate surface area is 125 Å². The molecule has 114 valence electrons. The number of nitro groups is 1. The van der Waals surface area contributed by atoms with Crippen LogP contribution < -0.4 is 9.80 Å². The lowest BCUT2D eigenvalue weighted by molar-refractivity contribution is -0.384. The first-order chi connectivity index (χ1) is 10.2. The third-order valence-corrected chi connectivity index (χ3v) is 5.20.